The van der Waals surface area contributed by atoms with E-state index in [1.54, 1.807) is 42.5 Å². The van der Waals surface area contributed by atoms with Gasteiger partial charge in [0.25, 0.3) is 11.8 Å². The summed E-state index contributed by atoms with van der Waals surface area (Å²) in [7, 11) is 1.52. The van der Waals surface area contributed by atoms with Gasteiger partial charge in [-0.2, -0.15) is 0 Å². The number of benzene rings is 2. The highest BCUT2D eigenvalue weighted by Crippen LogP contribution is 2.11. The second-order valence-corrected chi connectivity index (χ2v) is 5.61. The number of esters is 1. The van der Waals surface area contributed by atoms with Crippen molar-refractivity contribution in [2.45, 2.75) is 13.8 Å². The van der Waals surface area contributed by atoms with Gasteiger partial charge >= 0.3 is 5.97 Å². The van der Waals surface area contributed by atoms with Crippen LogP contribution in [0.2, 0.25) is 0 Å². The molecule has 0 atom stereocenters. The van der Waals surface area contributed by atoms with Gasteiger partial charge in [-0.25, -0.2) is 4.79 Å². The molecule has 0 heterocycles. The van der Waals surface area contributed by atoms with Crippen LogP contribution >= 0.6 is 0 Å². The number of aryl methyl sites for hydroxylation is 2. The molecular weight excluding hydrogens is 336 g/mol. The van der Waals surface area contributed by atoms with Crippen molar-refractivity contribution in [3.05, 3.63) is 64.7 Å². The van der Waals surface area contributed by atoms with Gasteiger partial charge in [0.2, 0.25) is 0 Å². The van der Waals surface area contributed by atoms with Gasteiger partial charge in [0.1, 0.15) is 5.75 Å². The van der Waals surface area contributed by atoms with Gasteiger partial charge < -0.3 is 9.47 Å². The van der Waals surface area contributed by atoms with E-state index in [1.165, 1.54) is 7.11 Å². The summed E-state index contributed by atoms with van der Waals surface area (Å²) in [5, 5.41) is 0. The quantitative estimate of drug-likeness (QED) is 0.631. The molecular formula is C19H20N2O5. The Hall–Kier alpha value is -3.35. The molecule has 2 N–H and O–H groups in total. The van der Waals surface area contributed by atoms with Crippen molar-refractivity contribution in [3.8, 4) is 5.75 Å². The molecule has 0 saturated heterocycles. The average molecular weight is 356 g/mol. The highest BCUT2D eigenvalue weighted by Gasteiger charge is 2.12. The molecule has 2 rings (SSSR count). The van der Waals surface area contributed by atoms with Gasteiger partial charge in [0, 0.05) is 5.56 Å². The Morgan fingerprint density at radius 1 is 0.885 bits per heavy atom. The molecule has 0 aromatic heterocycles. The molecule has 0 radical (unpaired) electrons. The molecule has 2 aromatic rings. The van der Waals surface area contributed by atoms with Crippen LogP contribution in [-0.2, 0) is 9.53 Å². The maximum atomic E-state index is 11.9. The van der Waals surface area contributed by atoms with E-state index < -0.39 is 24.4 Å². The van der Waals surface area contributed by atoms with E-state index in [4.69, 9.17) is 9.47 Å². The number of rotatable bonds is 5. The van der Waals surface area contributed by atoms with E-state index >= 15 is 0 Å². The summed E-state index contributed by atoms with van der Waals surface area (Å²) < 4.78 is 9.94. The van der Waals surface area contributed by atoms with Crippen molar-refractivity contribution in [3.63, 3.8) is 0 Å². The largest absolute Gasteiger partial charge is 0.497 e. The lowest BCUT2D eigenvalue weighted by atomic mass is 10.1. The fourth-order valence-electron chi connectivity index (χ4n) is 2.06. The van der Waals surface area contributed by atoms with Crippen LogP contribution in [0.3, 0.4) is 0 Å². The lowest BCUT2D eigenvalue weighted by Gasteiger charge is -2.09. The highest BCUT2D eigenvalue weighted by atomic mass is 16.5. The van der Waals surface area contributed by atoms with Crippen LogP contribution in [0.25, 0.3) is 0 Å². The maximum Gasteiger partial charge on any atom is 0.338 e. The second-order valence-electron chi connectivity index (χ2n) is 5.61. The minimum Gasteiger partial charge on any atom is -0.497 e. The van der Waals surface area contributed by atoms with Crippen LogP contribution in [0.5, 0.6) is 5.75 Å². The Labute approximate surface area is 151 Å². The number of nitrogens with one attached hydrogen (secondary N) is 2. The molecule has 26 heavy (non-hydrogen) atoms. The summed E-state index contributed by atoms with van der Waals surface area (Å²) in [5.41, 5.74) is 7.16. The molecule has 0 aliphatic carbocycles. The van der Waals surface area contributed by atoms with Crippen LogP contribution in [-0.4, -0.2) is 31.5 Å². The van der Waals surface area contributed by atoms with Gasteiger partial charge in [-0.05, 0) is 61.4 Å². The molecule has 0 aliphatic rings. The fourth-order valence-corrected chi connectivity index (χ4v) is 2.06. The van der Waals surface area contributed by atoms with E-state index in [-0.39, 0.29) is 0 Å². The lowest BCUT2D eigenvalue weighted by Crippen LogP contribution is -2.43. The number of carbonyl (C=O) groups is 3. The SMILES string of the molecule is COc1ccc(C(=O)NNC(=O)COC(=O)c2ccc(C)c(C)c2)cc1. The van der Waals surface area contributed by atoms with Crippen LogP contribution in [0.15, 0.2) is 42.5 Å². The molecule has 0 spiro atoms. The normalized spacial score (nSPS) is 9.96. The number of methoxy groups -OCH3 is 1. The topological polar surface area (TPSA) is 93.7 Å². The molecule has 2 amide bonds. The zero-order chi connectivity index (χ0) is 19.1. The molecule has 7 nitrogen and oxygen atoms in total. The molecule has 2 aromatic carbocycles. The molecule has 0 unspecified atom stereocenters. The smallest absolute Gasteiger partial charge is 0.338 e. The van der Waals surface area contributed by atoms with Crippen LogP contribution in [0, 0.1) is 13.8 Å². The van der Waals surface area contributed by atoms with E-state index in [2.05, 4.69) is 10.9 Å². The molecule has 0 fully saturated rings. The van der Waals surface area contributed by atoms with Crippen LogP contribution in [0.1, 0.15) is 31.8 Å². The summed E-state index contributed by atoms with van der Waals surface area (Å²) in [6.07, 6.45) is 0. The van der Waals surface area contributed by atoms with E-state index in [1.807, 2.05) is 13.8 Å². The molecule has 0 bridgehead atoms. The van der Waals surface area contributed by atoms with E-state index in [9.17, 15) is 14.4 Å². The third-order valence-corrected chi connectivity index (χ3v) is 3.74. The molecule has 136 valence electrons. The van der Waals surface area contributed by atoms with Crippen LogP contribution in [0.4, 0.5) is 0 Å². The average Bonchev–Trinajstić information content (AvgIpc) is 2.66. The van der Waals surface area contributed by atoms with Crippen molar-refractivity contribution >= 4 is 17.8 Å². The first kappa shape index (κ1) is 19.0. The minimum absolute atomic E-state index is 0.346. The highest BCUT2D eigenvalue weighted by molar-refractivity contribution is 5.96. The Morgan fingerprint density at radius 3 is 2.15 bits per heavy atom. The number of hydrazine groups is 1. The minimum atomic E-state index is -0.649. The first-order valence-electron chi connectivity index (χ1n) is 7.88. The molecule has 0 saturated carbocycles. The van der Waals surface area contributed by atoms with Gasteiger partial charge in [-0.15, -0.1) is 0 Å². The van der Waals surface area contributed by atoms with Crippen molar-refractivity contribution in [2.75, 3.05) is 13.7 Å². The summed E-state index contributed by atoms with van der Waals surface area (Å²) in [4.78, 5) is 35.5. The summed E-state index contributed by atoms with van der Waals surface area (Å²) >= 11 is 0. The molecule has 7 heteroatoms. The predicted octanol–water partition coefficient (Wildman–Crippen LogP) is 1.93. The zero-order valence-corrected chi connectivity index (χ0v) is 14.8. The Kier molecular flexibility index (Phi) is 6.32. The number of hydrogen-bond donors (Lipinski definition) is 2. The van der Waals surface area contributed by atoms with E-state index in [0.29, 0.717) is 16.9 Å². The van der Waals surface area contributed by atoms with Gasteiger partial charge in [-0.3, -0.25) is 20.4 Å². The zero-order valence-electron chi connectivity index (χ0n) is 14.8. The number of carbonyl (C=O) groups excluding carboxylic acids is 3. The standard InChI is InChI=1S/C19H20N2O5/c1-12-4-5-15(10-13(12)2)19(24)26-11-17(22)20-21-18(23)14-6-8-16(25-3)9-7-14/h4-10H,11H2,1-3H3,(H,20,22)(H,21,23). The fraction of sp³-hybridized carbons (Fsp3) is 0.211. The van der Waals surface area contributed by atoms with Gasteiger partial charge in [0.05, 0.1) is 12.7 Å². The van der Waals surface area contributed by atoms with Crippen molar-refractivity contribution in [2.24, 2.45) is 0 Å². The van der Waals surface area contributed by atoms with Crippen molar-refractivity contribution in [1.29, 1.82) is 0 Å². The van der Waals surface area contributed by atoms with Crippen molar-refractivity contribution < 1.29 is 23.9 Å². The first-order chi connectivity index (χ1) is 12.4. The van der Waals surface area contributed by atoms with Crippen LogP contribution < -0.4 is 15.6 Å². The number of hydrogen-bond acceptors (Lipinski definition) is 5. The summed E-state index contributed by atoms with van der Waals surface area (Å²) in [6, 6.07) is 11.5. The second kappa shape index (κ2) is 8.66. The predicted molar refractivity (Wildman–Crippen MR) is 94.8 cm³/mol. The van der Waals surface area contributed by atoms with Crippen molar-refractivity contribution in [1.82, 2.24) is 10.9 Å². The Morgan fingerprint density at radius 2 is 1.54 bits per heavy atom. The third-order valence-electron chi connectivity index (χ3n) is 3.74. The Balaban J connectivity index is 1.79. The summed E-state index contributed by atoms with van der Waals surface area (Å²) in [5.74, 6) is -1.14. The first-order valence-corrected chi connectivity index (χ1v) is 7.88. The van der Waals surface area contributed by atoms with Gasteiger partial charge in [-0.1, -0.05) is 6.07 Å². The lowest BCUT2D eigenvalue weighted by molar-refractivity contribution is -0.125. The number of ether oxygens (including phenoxy) is 2. The number of amides is 2. The monoisotopic (exact) mass is 356 g/mol. The Bertz CT molecular complexity index is 815. The third kappa shape index (κ3) is 5.07. The van der Waals surface area contributed by atoms with E-state index in [0.717, 1.165) is 11.1 Å². The summed E-state index contributed by atoms with van der Waals surface area (Å²) in [6.45, 7) is 3.31. The van der Waals surface area contributed by atoms with Gasteiger partial charge in [0.15, 0.2) is 6.61 Å². The maximum absolute atomic E-state index is 11.9. The molecule has 0 aliphatic heterocycles.